The zero-order valence-electron chi connectivity index (χ0n) is 24.1. The number of aliphatic hydroxyl groups excluding tert-OH is 1. The van der Waals surface area contributed by atoms with Crippen molar-refractivity contribution in [1.82, 2.24) is 14.7 Å². The Morgan fingerprint density at radius 1 is 1.02 bits per heavy atom. The van der Waals surface area contributed by atoms with Crippen LogP contribution in [0.1, 0.15) is 46.5 Å². The van der Waals surface area contributed by atoms with E-state index in [1.165, 1.54) is 0 Å². The van der Waals surface area contributed by atoms with Crippen LogP contribution in [-0.4, -0.2) is 120 Å². The average molecular weight is 560 g/mol. The maximum Gasteiger partial charge on any atom is 0.313 e. The highest BCUT2D eigenvalue weighted by Gasteiger charge is 2.75. The van der Waals surface area contributed by atoms with Crippen molar-refractivity contribution in [3.63, 3.8) is 0 Å². The number of ether oxygens (including phenoxy) is 3. The van der Waals surface area contributed by atoms with Crippen molar-refractivity contribution < 1.29 is 33.7 Å². The maximum atomic E-state index is 14.5. The Labute approximate surface area is 237 Å². The Morgan fingerprint density at radius 2 is 1.80 bits per heavy atom. The molecule has 5 heterocycles. The van der Waals surface area contributed by atoms with Crippen LogP contribution in [0.15, 0.2) is 24.3 Å². The highest BCUT2D eigenvalue weighted by atomic mass is 16.6. The predicted molar refractivity (Wildman–Crippen MR) is 147 cm³/mol. The fourth-order valence-corrected chi connectivity index (χ4v) is 7.36. The van der Waals surface area contributed by atoms with Gasteiger partial charge in [0.1, 0.15) is 23.2 Å². The van der Waals surface area contributed by atoms with E-state index in [1.807, 2.05) is 45.1 Å². The molecule has 6 atom stereocenters. The first-order valence-corrected chi connectivity index (χ1v) is 15.0. The minimum absolute atomic E-state index is 0.184. The fourth-order valence-electron chi connectivity index (χ4n) is 7.36. The summed E-state index contributed by atoms with van der Waals surface area (Å²) in [5.74, 6) is -2.60. The Balaban J connectivity index is 1.57. The molecule has 5 rings (SSSR count). The second-order valence-corrected chi connectivity index (χ2v) is 12.2. The van der Waals surface area contributed by atoms with E-state index in [0.29, 0.717) is 52.1 Å². The zero-order valence-corrected chi connectivity index (χ0v) is 24.1. The first-order valence-electron chi connectivity index (χ1n) is 15.0. The van der Waals surface area contributed by atoms with Crippen molar-refractivity contribution in [2.75, 3.05) is 59.2 Å². The lowest BCUT2D eigenvalue weighted by Gasteiger charge is -2.41. The first kappa shape index (κ1) is 29.2. The monoisotopic (exact) mass is 559 g/mol. The van der Waals surface area contributed by atoms with Crippen molar-refractivity contribution in [3.05, 3.63) is 24.3 Å². The summed E-state index contributed by atoms with van der Waals surface area (Å²) in [5, 5.41) is 10.5. The van der Waals surface area contributed by atoms with Crippen LogP contribution < -0.4 is 0 Å². The number of esters is 1. The number of cyclic esters (lactones) is 1. The molecule has 5 aliphatic rings. The number of hydrogen-bond acceptors (Lipinski definition) is 8. The molecule has 10 heteroatoms. The van der Waals surface area contributed by atoms with E-state index < -0.39 is 41.1 Å². The van der Waals surface area contributed by atoms with Crippen LogP contribution in [-0.2, 0) is 28.6 Å². The lowest BCUT2D eigenvalue weighted by atomic mass is 9.73. The number of rotatable bonds is 8. The molecule has 40 heavy (non-hydrogen) atoms. The van der Waals surface area contributed by atoms with Gasteiger partial charge >= 0.3 is 5.97 Å². The van der Waals surface area contributed by atoms with Crippen LogP contribution in [0.25, 0.3) is 0 Å². The molecule has 5 aliphatic heterocycles. The van der Waals surface area contributed by atoms with Gasteiger partial charge in [0.25, 0.3) is 0 Å². The third-order valence-corrected chi connectivity index (χ3v) is 9.29. The number of carbonyl (C=O) groups excluding carboxylic acids is 3. The van der Waals surface area contributed by atoms with Crippen LogP contribution in [0.3, 0.4) is 0 Å². The molecule has 222 valence electrons. The van der Waals surface area contributed by atoms with Crippen LogP contribution in [0.2, 0.25) is 0 Å². The Hall–Kier alpha value is -2.27. The summed E-state index contributed by atoms with van der Waals surface area (Å²) in [5.41, 5.74) is -2.40. The molecule has 0 aliphatic carbocycles. The van der Waals surface area contributed by atoms with Crippen molar-refractivity contribution >= 4 is 17.8 Å². The molecule has 3 saturated heterocycles. The summed E-state index contributed by atoms with van der Waals surface area (Å²) < 4.78 is 18.1. The van der Waals surface area contributed by atoms with E-state index in [-0.39, 0.29) is 30.9 Å². The molecule has 0 radical (unpaired) electrons. The van der Waals surface area contributed by atoms with E-state index in [0.717, 1.165) is 19.5 Å². The van der Waals surface area contributed by atoms with E-state index in [2.05, 4.69) is 4.90 Å². The van der Waals surface area contributed by atoms with Crippen molar-refractivity contribution in [2.24, 2.45) is 17.8 Å². The second kappa shape index (κ2) is 11.9. The summed E-state index contributed by atoms with van der Waals surface area (Å²) in [6.07, 6.45) is 10.2. The minimum atomic E-state index is -1.34. The summed E-state index contributed by atoms with van der Waals surface area (Å²) in [7, 11) is 0. The summed E-state index contributed by atoms with van der Waals surface area (Å²) in [6, 6.07) is -1.55. The summed E-state index contributed by atoms with van der Waals surface area (Å²) in [6.45, 7) is 10.6. The third kappa shape index (κ3) is 5.01. The number of carbonyl (C=O) groups is 3. The molecule has 0 aromatic heterocycles. The summed E-state index contributed by atoms with van der Waals surface area (Å²) >= 11 is 0. The smallest absolute Gasteiger partial charge is 0.313 e. The fraction of sp³-hybridized carbons (Fsp3) is 0.767. The number of allylic oxidation sites excluding steroid dienone is 1. The minimum Gasteiger partial charge on any atom is -0.465 e. The number of hydrogen-bond donors (Lipinski definition) is 1. The van der Waals surface area contributed by atoms with Crippen molar-refractivity contribution in [1.29, 1.82) is 0 Å². The zero-order chi connectivity index (χ0) is 28.5. The Bertz CT molecular complexity index is 1020. The molecule has 3 fully saturated rings. The molecule has 0 saturated carbocycles. The highest BCUT2D eigenvalue weighted by molar-refractivity contribution is 5.99. The van der Waals surface area contributed by atoms with Crippen LogP contribution >= 0.6 is 0 Å². The number of fused-ring (bicyclic) bond motifs is 2. The molecular weight excluding hydrogens is 514 g/mol. The van der Waals surface area contributed by atoms with Gasteiger partial charge in [-0.1, -0.05) is 45.1 Å². The molecule has 0 aromatic carbocycles. The van der Waals surface area contributed by atoms with E-state index in [4.69, 9.17) is 14.2 Å². The first-order chi connectivity index (χ1) is 19.3. The normalized spacial score (nSPS) is 36.3. The molecule has 10 nitrogen and oxygen atoms in total. The molecule has 1 N–H and O–H groups in total. The van der Waals surface area contributed by atoms with Gasteiger partial charge in [-0.15, -0.1) is 0 Å². The maximum absolute atomic E-state index is 14.5. The number of aliphatic hydroxyl groups is 1. The van der Waals surface area contributed by atoms with Gasteiger partial charge in [0.05, 0.1) is 38.4 Å². The van der Waals surface area contributed by atoms with Gasteiger partial charge in [-0.25, -0.2) is 0 Å². The Morgan fingerprint density at radius 3 is 2.50 bits per heavy atom. The van der Waals surface area contributed by atoms with Gasteiger partial charge in [-0.2, -0.15) is 0 Å². The van der Waals surface area contributed by atoms with Crippen LogP contribution in [0.4, 0.5) is 0 Å². The van der Waals surface area contributed by atoms with Gasteiger partial charge in [0.2, 0.25) is 11.8 Å². The van der Waals surface area contributed by atoms with Gasteiger partial charge in [0, 0.05) is 32.7 Å². The molecule has 2 amide bonds. The molecule has 0 bridgehead atoms. The van der Waals surface area contributed by atoms with Gasteiger partial charge in [-0.3, -0.25) is 19.3 Å². The highest BCUT2D eigenvalue weighted by Crippen LogP contribution is 2.58. The lowest BCUT2D eigenvalue weighted by Crippen LogP contribution is -2.59. The van der Waals surface area contributed by atoms with Gasteiger partial charge < -0.3 is 29.1 Å². The predicted octanol–water partition coefficient (Wildman–Crippen LogP) is 1.38. The molecular formula is C30H45N3O7. The van der Waals surface area contributed by atoms with E-state index >= 15 is 0 Å². The van der Waals surface area contributed by atoms with Crippen molar-refractivity contribution in [2.45, 2.75) is 69.7 Å². The molecule has 1 unspecified atom stereocenters. The van der Waals surface area contributed by atoms with Gasteiger partial charge in [0.15, 0.2) is 0 Å². The number of morpholine rings is 1. The number of likely N-dealkylation sites (tertiary alicyclic amines) is 1. The quantitative estimate of drug-likeness (QED) is 0.351. The second-order valence-electron chi connectivity index (χ2n) is 12.2. The molecule has 0 aromatic rings. The Kier molecular flexibility index (Phi) is 8.71. The van der Waals surface area contributed by atoms with Crippen LogP contribution in [0, 0.1) is 17.8 Å². The average Bonchev–Trinajstić information content (AvgIpc) is 3.33. The van der Waals surface area contributed by atoms with E-state index in [1.54, 1.807) is 9.80 Å². The third-order valence-electron chi connectivity index (χ3n) is 9.29. The van der Waals surface area contributed by atoms with Gasteiger partial charge in [-0.05, 0) is 31.6 Å². The lowest BCUT2D eigenvalue weighted by molar-refractivity contribution is -0.163. The van der Waals surface area contributed by atoms with Crippen molar-refractivity contribution in [3.8, 4) is 0 Å². The number of nitrogens with zero attached hydrogens (tertiary/aromatic N) is 3. The number of amides is 2. The van der Waals surface area contributed by atoms with Crippen LogP contribution in [0.5, 0.6) is 0 Å². The summed E-state index contributed by atoms with van der Waals surface area (Å²) in [4.78, 5) is 48.3. The SMILES string of the molecule is CC[C@]12/C=C\CCCOC(=O)[C@H]1[C@H]1C(=O)N([C@@H](CO)CC(C)C)C3C(=O)N(CCN4CCOCC4)CC=C[C@@]31O2. The standard InChI is InChI=1S/C30H45N3O7/c1-4-29-9-6-5-7-16-39-28(37)24(29)23-26(35)33(22(20-34)19-21(2)3)25-27(36)32(11-8-10-30(23,25)40-29)13-12-31-14-17-38-18-15-31/h6,8-10,21-25,34H,4-5,7,11-20H2,1-3H3/b9-6-/t22-,23+,24-,25?,29+,30+/m1/s1. The topological polar surface area (TPSA) is 109 Å². The van der Waals surface area contributed by atoms with E-state index in [9.17, 15) is 19.5 Å². The largest absolute Gasteiger partial charge is 0.465 e. The molecule has 1 spiro atoms.